The average Bonchev–Trinajstić information content (AvgIpc) is 3.87. The van der Waals surface area contributed by atoms with Crippen LogP contribution in [0.15, 0.2) is 236 Å². The van der Waals surface area contributed by atoms with E-state index in [0.717, 1.165) is 28.3 Å². The van der Waals surface area contributed by atoms with Crippen LogP contribution in [0, 0.1) is 0 Å². The van der Waals surface area contributed by atoms with Gasteiger partial charge < -0.3 is 14.0 Å². The van der Waals surface area contributed by atoms with E-state index in [9.17, 15) is 0 Å². The highest BCUT2D eigenvalue weighted by molar-refractivity contribution is 6.13. The SMILES string of the molecule is CN1C(c2ccccc2)=NC(c2ccc(-c3ccccc3)cc2)=CC1c1ccc(-n2c3ccccc3c3cc(-c4ccc5c(c4)c4ccccc4n5-c4ccccc4)ccc32)cc1. The van der Waals surface area contributed by atoms with Gasteiger partial charge in [0.25, 0.3) is 0 Å². The van der Waals surface area contributed by atoms with E-state index in [4.69, 9.17) is 4.99 Å². The predicted octanol–water partition coefficient (Wildman–Crippen LogP) is 14.7. The largest absolute Gasteiger partial charge is 0.349 e. The first-order valence-corrected chi connectivity index (χ1v) is 21.6. The number of aromatic nitrogens is 2. The van der Waals surface area contributed by atoms with E-state index in [1.165, 1.54) is 77.1 Å². The lowest BCUT2D eigenvalue weighted by atomic mass is 9.97. The van der Waals surface area contributed by atoms with Crippen LogP contribution in [0.1, 0.15) is 22.7 Å². The molecule has 2 aromatic heterocycles. The number of amidine groups is 1. The van der Waals surface area contributed by atoms with Gasteiger partial charge in [-0.3, -0.25) is 0 Å². The lowest BCUT2D eigenvalue weighted by Gasteiger charge is -2.33. The number of nitrogens with zero attached hydrogens (tertiary/aromatic N) is 4. The molecule has 0 amide bonds. The molecule has 0 radical (unpaired) electrons. The Balaban J connectivity index is 0.918. The lowest BCUT2D eigenvalue weighted by molar-refractivity contribution is 0.435. The summed E-state index contributed by atoms with van der Waals surface area (Å²) >= 11 is 0. The second-order valence-electron chi connectivity index (χ2n) is 16.4. The van der Waals surface area contributed by atoms with Crippen molar-refractivity contribution in [2.45, 2.75) is 6.04 Å². The van der Waals surface area contributed by atoms with Crippen molar-refractivity contribution < 1.29 is 0 Å². The Hall–Kier alpha value is -8.21. The lowest BCUT2D eigenvalue weighted by Crippen LogP contribution is -2.33. The van der Waals surface area contributed by atoms with Gasteiger partial charge in [-0.1, -0.05) is 164 Å². The third-order valence-electron chi connectivity index (χ3n) is 12.8. The van der Waals surface area contributed by atoms with Crippen LogP contribution >= 0.6 is 0 Å². The standard InChI is InChI=1S/C59H42N4/c1-61-58(39-53(60-59(61)44-17-7-3-8-18-44)42-27-25-41(26-28-42)40-15-5-2-6-16-40)43-29-33-48(34-30-43)63-55-24-14-12-22-50(55)52-38-46(32-36-57(52)63)45-31-35-56-51(37-45)49-21-11-13-23-54(49)62(56)47-19-9-4-10-20-47/h2-39,58H,1H3. The van der Waals surface area contributed by atoms with Gasteiger partial charge in [-0.05, 0) is 100 Å². The fourth-order valence-electron chi connectivity index (χ4n) is 9.68. The number of hydrogen-bond donors (Lipinski definition) is 0. The summed E-state index contributed by atoms with van der Waals surface area (Å²) in [5, 5.41) is 4.98. The first-order valence-electron chi connectivity index (χ1n) is 21.6. The smallest absolute Gasteiger partial charge is 0.137 e. The van der Waals surface area contributed by atoms with Crippen molar-refractivity contribution in [2.75, 3.05) is 7.05 Å². The Morgan fingerprint density at radius 2 is 0.778 bits per heavy atom. The molecule has 11 aromatic rings. The Labute approximate surface area is 366 Å². The van der Waals surface area contributed by atoms with Crippen molar-refractivity contribution >= 4 is 55.1 Å². The summed E-state index contributed by atoms with van der Waals surface area (Å²) in [5.74, 6) is 0.952. The van der Waals surface area contributed by atoms with Crippen molar-refractivity contribution in [3.8, 4) is 33.6 Å². The van der Waals surface area contributed by atoms with Crippen molar-refractivity contribution in [2.24, 2.45) is 4.99 Å². The molecule has 1 unspecified atom stereocenters. The summed E-state index contributed by atoms with van der Waals surface area (Å²) in [6.45, 7) is 0. The van der Waals surface area contributed by atoms with Gasteiger partial charge in [-0.15, -0.1) is 0 Å². The molecule has 1 atom stereocenters. The molecular formula is C59H42N4. The minimum absolute atomic E-state index is 0.0182. The molecule has 0 spiro atoms. The van der Waals surface area contributed by atoms with E-state index < -0.39 is 0 Å². The molecule has 298 valence electrons. The molecule has 3 heterocycles. The maximum Gasteiger partial charge on any atom is 0.137 e. The van der Waals surface area contributed by atoms with E-state index in [-0.39, 0.29) is 6.04 Å². The maximum atomic E-state index is 5.28. The van der Waals surface area contributed by atoms with Crippen molar-refractivity contribution in [3.05, 3.63) is 247 Å². The third kappa shape index (κ3) is 6.26. The van der Waals surface area contributed by atoms with Gasteiger partial charge in [0, 0.05) is 45.5 Å². The molecule has 0 aliphatic carbocycles. The van der Waals surface area contributed by atoms with Gasteiger partial charge in [-0.25, -0.2) is 4.99 Å². The quantitative estimate of drug-likeness (QED) is 0.157. The van der Waals surface area contributed by atoms with Crippen molar-refractivity contribution in [1.82, 2.24) is 14.0 Å². The molecular weight excluding hydrogens is 765 g/mol. The van der Waals surface area contributed by atoms with Crippen LogP contribution in [-0.4, -0.2) is 26.9 Å². The second kappa shape index (κ2) is 15.1. The van der Waals surface area contributed by atoms with Crippen molar-refractivity contribution in [3.63, 3.8) is 0 Å². The fraction of sp³-hybridized carbons (Fsp3) is 0.0339. The molecule has 63 heavy (non-hydrogen) atoms. The second-order valence-corrected chi connectivity index (χ2v) is 16.4. The van der Waals surface area contributed by atoms with E-state index in [2.05, 4.69) is 252 Å². The van der Waals surface area contributed by atoms with Gasteiger partial charge in [0.1, 0.15) is 5.84 Å². The van der Waals surface area contributed by atoms with Gasteiger partial charge in [0.15, 0.2) is 0 Å². The van der Waals surface area contributed by atoms with Gasteiger partial charge in [-0.2, -0.15) is 0 Å². The summed E-state index contributed by atoms with van der Waals surface area (Å²) in [6, 6.07) is 81.0. The molecule has 0 N–H and O–H groups in total. The predicted molar refractivity (Wildman–Crippen MR) is 264 cm³/mol. The van der Waals surface area contributed by atoms with Crippen LogP contribution in [0.3, 0.4) is 0 Å². The first-order chi connectivity index (χ1) is 31.2. The number of fused-ring (bicyclic) bond motifs is 6. The molecule has 4 heteroatoms. The van der Waals surface area contributed by atoms with Gasteiger partial charge in [0.2, 0.25) is 0 Å². The Bertz CT molecular complexity index is 3540. The topological polar surface area (TPSA) is 25.5 Å². The number of benzene rings is 9. The molecule has 9 aromatic carbocycles. The minimum atomic E-state index is -0.0182. The van der Waals surface area contributed by atoms with E-state index in [0.29, 0.717) is 0 Å². The third-order valence-corrected chi connectivity index (χ3v) is 12.8. The molecule has 0 saturated carbocycles. The molecule has 1 aliphatic heterocycles. The van der Waals surface area contributed by atoms with Crippen LogP contribution in [0.2, 0.25) is 0 Å². The zero-order valence-corrected chi connectivity index (χ0v) is 34.8. The summed E-state index contributed by atoms with van der Waals surface area (Å²) in [7, 11) is 2.15. The number of aliphatic imine (C=N–C) groups is 1. The zero-order chi connectivity index (χ0) is 41.9. The molecule has 4 nitrogen and oxygen atoms in total. The van der Waals surface area contributed by atoms with Crippen molar-refractivity contribution in [1.29, 1.82) is 0 Å². The summed E-state index contributed by atoms with van der Waals surface area (Å²) in [5.41, 5.74) is 16.3. The minimum Gasteiger partial charge on any atom is -0.349 e. The first kappa shape index (κ1) is 36.6. The van der Waals surface area contributed by atoms with E-state index >= 15 is 0 Å². The highest BCUT2D eigenvalue weighted by Gasteiger charge is 2.26. The van der Waals surface area contributed by atoms with Crippen LogP contribution in [0.25, 0.3) is 82.9 Å². The zero-order valence-electron chi connectivity index (χ0n) is 34.8. The fourth-order valence-corrected chi connectivity index (χ4v) is 9.68. The number of likely N-dealkylation sites (N-methyl/N-ethyl adjacent to an activating group) is 1. The van der Waals surface area contributed by atoms with Crippen LogP contribution < -0.4 is 0 Å². The van der Waals surface area contributed by atoms with E-state index in [1.54, 1.807) is 0 Å². The summed E-state index contributed by atoms with van der Waals surface area (Å²) in [4.78, 5) is 7.57. The number of rotatable bonds is 7. The normalized spacial score (nSPS) is 14.1. The molecule has 1 aliphatic rings. The average molecular weight is 807 g/mol. The van der Waals surface area contributed by atoms with Crippen LogP contribution in [0.5, 0.6) is 0 Å². The van der Waals surface area contributed by atoms with Gasteiger partial charge in [0.05, 0.1) is 33.8 Å². The number of para-hydroxylation sites is 3. The molecule has 0 saturated heterocycles. The molecule has 0 bridgehead atoms. The van der Waals surface area contributed by atoms with Crippen LogP contribution in [-0.2, 0) is 0 Å². The highest BCUT2D eigenvalue weighted by Crippen LogP contribution is 2.39. The van der Waals surface area contributed by atoms with E-state index in [1.807, 2.05) is 0 Å². The highest BCUT2D eigenvalue weighted by atomic mass is 15.2. The van der Waals surface area contributed by atoms with Gasteiger partial charge >= 0.3 is 0 Å². The Morgan fingerprint density at radius 1 is 0.349 bits per heavy atom. The number of hydrogen-bond acceptors (Lipinski definition) is 2. The molecule has 12 rings (SSSR count). The Kier molecular flexibility index (Phi) is 8.75. The van der Waals surface area contributed by atoms with Crippen LogP contribution in [0.4, 0.5) is 0 Å². The monoisotopic (exact) mass is 806 g/mol. The maximum absolute atomic E-state index is 5.28. The molecule has 0 fully saturated rings. The summed E-state index contributed by atoms with van der Waals surface area (Å²) < 4.78 is 4.78. The summed E-state index contributed by atoms with van der Waals surface area (Å²) in [6.07, 6.45) is 2.30. The Morgan fingerprint density at radius 3 is 1.35 bits per heavy atom.